The Morgan fingerprint density at radius 3 is 1.36 bits per heavy atom. The van der Waals surface area contributed by atoms with Crippen LogP contribution in [0.4, 0.5) is 46.5 Å². The van der Waals surface area contributed by atoms with E-state index in [-0.39, 0.29) is 6.10 Å². The fourth-order valence-corrected chi connectivity index (χ4v) is 10.2. The van der Waals surface area contributed by atoms with Crippen LogP contribution in [0.25, 0.3) is 0 Å². The molecule has 0 amide bonds. The topological polar surface area (TPSA) is 276 Å². The third-order valence-corrected chi connectivity index (χ3v) is 15.2. The van der Waals surface area contributed by atoms with Gasteiger partial charge in [-0.3, -0.25) is 9.97 Å². The second-order valence-electron chi connectivity index (χ2n) is 21.0. The summed E-state index contributed by atoms with van der Waals surface area (Å²) in [4.78, 5) is 56.0. The van der Waals surface area contributed by atoms with Crippen molar-refractivity contribution in [2.75, 3.05) is 152 Å². The molecule has 2 aliphatic rings. The van der Waals surface area contributed by atoms with E-state index in [4.69, 9.17) is 16.2 Å². The van der Waals surface area contributed by atoms with E-state index < -0.39 is 11.4 Å². The highest BCUT2D eigenvalue weighted by Crippen LogP contribution is 2.30. The molecule has 0 spiro atoms. The molecule has 0 saturated heterocycles. The van der Waals surface area contributed by atoms with Crippen LogP contribution in [-0.4, -0.2) is 193 Å². The van der Waals surface area contributed by atoms with Gasteiger partial charge in [-0.05, 0) is 165 Å². The molecule has 13 N–H and O–H groups in total. The molecular weight excluding hydrogens is 987 g/mol. The van der Waals surface area contributed by atoms with Crippen LogP contribution in [0.15, 0.2) is 58.1 Å². The van der Waals surface area contributed by atoms with E-state index in [0.717, 1.165) is 154 Å². The maximum Gasteiger partial charge on any atom is 0.351 e. The van der Waals surface area contributed by atoms with Crippen molar-refractivity contribution in [2.24, 2.45) is 11.8 Å². The Bertz CT molecular complexity index is 2300. The number of aromatic nitrogens is 6. The first kappa shape index (κ1) is 63.4. The zero-order valence-corrected chi connectivity index (χ0v) is 48.5. The Labute approximate surface area is 465 Å². The Hall–Kier alpha value is -5.46. The predicted octanol–water partition coefficient (Wildman–Crippen LogP) is 5.03. The Morgan fingerprint density at radius 1 is 0.513 bits per heavy atom. The van der Waals surface area contributed by atoms with Gasteiger partial charge in [0.1, 0.15) is 0 Å². The maximum absolute atomic E-state index is 12.2. The number of anilines is 8. The van der Waals surface area contributed by atoms with Crippen molar-refractivity contribution in [1.82, 2.24) is 65.5 Å². The summed E-state index contributed by atoms with van der Waals surface area (Å²) < 4.78 is 6.41. The molecule has 436 valence electrons. The van der Waals surface area contributed by atoms with Gasteiger partial charge in [0.25, 0.3) is 0 Å². The fourth-order valence-electron chi connectivity index (χ4n) is 10.2. The molecule has 2 aliphatic carbocycles. The van der Waals surface area contributed by atoms with Crippen LogP contribution in [0.3, 0.4) is 0 Å². The van der Waals surface area contributed by atoms with Crippen molar-refractivity contribution >= 4 is 46.5 Å². The number of hydrogen-bond donors (Lipinski definition) is 11. The Kier molecular flexibility index (Phi) is 28.6. The molecule has 2 saturated carbocycles. The smallest absolute Gasteiger partial charge is 0.351 e. The number of rotatable bonds is 34. The summed E-state index contributed by atoms with van der Waals surface area (Å²) in [6.07, 6.45) is 8.91. The van der Waals surface area contributed by atoms with Crippen LogP contribution in [0.2, 0.25) is 0 Å². The molecule has 2 fully saturated rings. The highest BCUT2D eigenvalue weighted by atomic mass is 16.5. The van der Waals surface area contributed by atoms with E-state index in [1.54, 1.807) is 24.3 Å². The van der Waals surface area contributed by atoms with Crippen LogP contribution < -0.4 is 60.1 Å². The van der Waals surface area contributed by atoms with Crippen molar-refractivity contribution in [1.29, 1.82) is 0 Å². The second kappa shape index (κ2) is 35.2. The van der Waals surface area contributed by atoms with Gasteiger partial charge >= 0.3 is 11.4 Å². The first-order valence-electron chi connectivity index (χ1n) is 29.1. The zero-order chi connectivity index (χ0) is 56.1. The lowest BCUT2D eigenvalue weighted by atomic mass is 9.80. The molecule has 0 radical (unpaired) electrons. The van der Waals surface area contributed by atoms with Crippen molar-refractivity contribution in [3.63, 3.8) is 0 Å². The summed E-state index contributed by atoms with van der Waals surface area (Å²) in [5.74, 6) is 2.42. The number of likely N-dealkylation sites (N-methyl/N-ethyl adjacent to an activating group) is 4. The molecule has 2 aromatic carbocycles. The van der Waals surface area contributed by atoms with Gasteiger partial charge in [-0.25, -0.2) is 9.59 Å². The number of ether oxygens (including phenoxy) is 1. The van der Waals surface area contributed by atoms with E-state index in [1.165, 1.54) is 0 Å². The molecule has 0 bridgehead atoms. The molecule has 4 aromatic rings. The Morgan fingerprint density at radius 2 is 0.923 bits per heavy atom. The fraction of sp³-hybridized carbons (Fsp3) is 0.679. The van der Waals surface area contributed by atoms with Gasteiger partial charge in [0.2, 0.25) is 23.8 Å². The van der Waals surface area contributed by atoms with Gasteiger partial charge in [0.15, 0.2) is 0 Å². The highest BCUT2D eigenvalue weighted by Gasteiger charge is 2.30. The van der Waals surface area contributed by atoms with Gasteiger partial charge in [0, 0.05) is 99.8 Å². The van der Waals surface area contributed by atoms with E-state index >= 15 is 0 Å². The first-order valence-corrected chi connectivity index (χ1v) is 29.1. The summed E-state index contributed by atoms with van der Waals surface area (Å²) in [6, 6.07) is 16.0. The van der Waals surface area contributed by atoms with Crippen molar-refractivity contribution in [3.05, 3.63) is 69.5 Å². The van der Waals surface area contributed by atoms with Gasteiger partial charge in [0.05, 0.1) is 12.7 Å². The molecular formula is C56H99N19O3. The SMILES string of the molecule is CCN(C)CCNC1CC(CCNc2nc(Nc3ccc(N)cc3)[nH]c(=O)n2)CC(NCCN(C)CC)C1.CCN(CC)CCNC1CC(CCNc2nc(Nc3ccc(N)cc3)[nH]c(=O)n2)CC(OCCN(CC)CC)C1. The van der Waals surface area contributed by atoms with Crippen LogP contribution in [-0.2, 0) is 4.74 Å². The lowest BCUT2D eigenvalue weighted by Gasteiger charge is -2.36. The largest absolute Gasteiger partial charge is 0.399 e. The lowest BCUT2D eigenvalue weighted by Crippen LogP contribution is -2.47. The molecule has 2 heterocycles. The first-order chi connectivity index (χ1) is 37.8. The molecule has 78 heavy (non-hydrogen) atoms. The highest BCUT2D eigenvalue weighted by molar-refractivity contribution is 5.58. The summed E-state index contributed by atoms with van der Waals surface area (Å²) in [5.41, 5.74) is 13.5. The molecule has 2 aromatic heterocycles. The quantitative estimate of drug-likeness (QED) is 0.0274. The normalized spacial score (nSPS) is 19.5. The summed E-state index contributed by atoms with van der Waals surface area (Å²) in [6.45, 7) is 29.0. The Balaban J connectivity index is 0.000000288. The second-order valence-corrected chi connectivity index (χ2v) is 21.0. The van der Waals surface area contributed by atoms with Crippen molar-refractivity contribution in [3.8, 4) is 0 Å². The lowest BCUT2D eigenvalue weighted by molar-refractivity contribution is -0.00613. The third-order valence-electron chi connectivity index (χ3n) is 15.2. The standard InChI is InChI=1S/C29H51N9O2.C27H48N10O/c1-5-37(6-2)16-15-31-25-19-22(20-26(21-25)40-18-17-38(7-3)8-4)13-14-32-27-34-28(36-29(39)35-27)33-24-11-9-23(30)10-12-24;1-5-36(3)15-13-29-23-17-20(18-24(19-23)30-14-16-37(4)6-2)11-12-31-25-33-26(35-27(38)34-25)32-22-9-7-21(28)8-10-22/h9-12,22,25-26,31H,5-8,13-21,30H2,1-4H3,(H3,32,33,34,35,36,39);7-10,20,23-24,29-30H,5-6,11-19,28H2,1-4H3,(H3,31,32,33,34,35,38). The third kappa shape index (κ3) is 24.3. The van der Waals surface area contributed by atoms with Crippen LogP contribution in [0, 0.1) is 11.8 Å². The minimum atomic E-state index is -0.452. The van der Waals surface area contributed by atoms with Crippen molar-refractivity contribution in [2.45, 2.75) is 117 Å². The van der Waals surface area contributed by atoms with Crippen LogP contribution in [0.1, 0.15) is 92.9 Å². The number of benzene rings is 2. The number of nitrogens with two attached hydrogens (primary N) is 2. The maximum atomic E-state index is 12.2. The molecule has 22 nitrogen and oxygen atoms in total. The zero-order valence-electron chi connectivity index (χ0n) is 48.5. The number of nitrogens with one attached hydrogen (secondary N) is 9. The number of nitrogens with zero attached hydrogens (tertiary/aromatic N) is 8. The number of nitrogen functional groups attached to an aromatic ring is 2. The van der Waals surface area contributed by atoms with E-state index in [9.17, 15) is 9.59 Å². The monoisotopic (exact) mass is 1090 g/mol. The average molecular weight is 1090 g/mol. The summed E-state index contributed by atoms with van der Waals surface area (Å²) >= 11 is 0. The molecule has 6 rings (SSSR count). The molecule has 0 aliphatic heterocycles. The summed E-state index contributed by atoms with van der Waals surface area (Å²) in [7, 11) is 4.33. The molecule has 22 heteroatoms. The molecule has 5 atom stereocenters. The van der Waals surface area contributed by atoms with E-state index in [1.807, 2.05) is 24.3 Å². The number of H-pyrrole nitrogens is 2. The number of hydrogen-bond acceptors (Lipinski definition) is 20. The number of aromatic amines is 2. The average Bonchev–Trinajstić information content (AvgIpc) is 3.43. The minimum Gasteiger partial charge on any atom is -0.399 e. The van der Waals surface area contributed by atoms with Crippen LogP contribution in [0.5, 0.6) is 0 Å². The van der Waals surface area contributed by atoms with Gasteiger partial charge in [-0.2, -0.15) is 19.9 Å². The summed E-state index contributed by atoms with van der Waals surface area (Å²) in [5, 5.41) is 24.2. The minimum absolute atomic E-state index is 0.256. The predicted molar refractivity (Wildman–Crippen MR) is 322 cm³/mol. The van der Waals surface area contributed by atoms with E-state index in [2.05, 4.69) is 142 Å². The van der Waals surface area contributed by atoms with Crippen molar-refractivity contribution < 1.29 is 4.74 Å². The molecule has 5 unspecified atom stereocenters. The van der Waals surface area contributed by atoms with E-state index in [0.29, 0.717) is 78.2 Å². The van der Waals surface area contributed by atoms with Gasteiger partial charge in [-0.1, -0.05) is 41.5 Å². The van der Waals surface area contributed by atoms with Gasteiger partial charge in [-0.15, -0.1) is 0 Å². The van der Waals surface area contributed by atoms with Crippen LogP contribution >= 0.6 is 0 Å². The van der Waals surface area contributed by atoms with Gasteiger partial charge < -0.3 is 73.0 Å².